The zero-order valence-electron chi connectivity index (χ0n) is 11.0. The highest BCUT2D eigenvalue weighted by Crippen LogP contribution is 2.31. The van der Waals surface area contributed by atoms with Crippen molar-refractivity contribution in [2.24, 2.45) is 5.92 Å². The van der Waals surface area contributed by atoms with Gasteiger partial charge in [0.1, 0.15) is 5.75 Å². The molecule has 0 radical (unpaired) electrons. The van der Waals surface area contributed by atoms with Crippen LogP contribution in [-0.2, 0) is 26.0 Å². The monoisotopic (exact) mass is 297 g/mol. The van der Waals surface area contributed by atoms with Gasteiger partial charge in [0.15, 0.2) is 0 Å². The molecule has 3 rings (SSSR count). The molecule has 0 unspecified atom stereocenters. The summed E-state index contributed by atoms with van der Waals surface area (Å²) in [6, 6.07) is 4.89. The van der Waals surface area contributed by atoms with Crippen molar-refractivity contribution < 1.29 is 22.7 Å². The number of hydrogen-bond donors (Lipinski definition) is 0. The minimum Gasteiger partial charge on any atom is -0.493 e. The van der Waals surface area contributed by atoms with E-state index in [1.807, 2.05) is 0 Å². The van der Waals surface area contributed by atoms with Crippen molar-refractivity contribution in [3.63, 3.8) is 0 Å². The summed E-state index contributed by atoms with van der Waals surface area (Å²) in [6.07, 6.45) is 0.726. The first kappa shape index (κ1) is 13.4. The maximum atomic E-state index is 12.4. The molecule has 7 heteroatoms. The van der Waals surface area contributed by atoms with Crippen LogP contribution < -0.4 is 4.74 Å². The molecule has 1 saturated heterocycles. The minimum atomic E-state index is -3.53. The van der Waals surface area contributed by atoms with Crippen LogP contribution in [0.2, 0.25) is 0 Å². The quantitative estimate of drug-likeness (QED) is 0.756. The van der Waals surface area contributed by atoms with Crippen LogP contribution in [-0.4, -0.2) is 45.5 Å². The third kappa shape index (κ3) is 2.06. The third-order valence-electron chi connectivity index (χ3n) is 3.68. The Kier molecular flexibility index (Phi) is 3.18. The molecule has 1 fully saturated rings. The standard InChI is InChI=1S/C13H15NO5S/c1-18-13(15)10-7-14(8-10)20(16,17)11-2-3-12-9(6-11)4-5-19-12/h2-3,6,10H,4-5,7-8H2,1H3. The maximum absolute atomic E-state index is 12.4. The highest BCUT2D eigenvalue weighted by Gasteiger charge is 2.41. The fourth-order valence-corrected chi connectivity index (χ4v) is 4.00. The number of carbonyl (C=O) groups is 1. The van der Waals surface area contributed by atoms with E-state index in [0.29, 0.717) is 6.61 Å². The number of esters is 1. The van der Waals surface area contributed by atoms with E-state index in [1.54, 1.807) is 18.2 Å². The van der Waals surface area contributed by atoms with Crippen LogP contribution in [0.15, 0.2) is 23.1 Å². The number of methoxy groups -OCH3 is 1. The second-order valence-corrected chi connectivity index (χ2v) is 6.85. The lowest BCUT2D eigenvalue weighted by atomic mass is 10.0. The van der Waals surface area contributed by atoms with Crippen LogP contribution >= 0.6 is 0 Å². The van der Waals surface area contributed by atoms with Crippen molar-refractivity contribution >= 4 is 16.0 Å². The maximum Gasteiger partial charge on any atom is 0.311 e. The van der Waals surface area contributed by atoms with Gasteiger partial charge in [-0.1, -0.05) is 0 Å². The van der Waals surface area contributed by atoms with Gasteiger partial charge in [-0.25, -0.2) is 8.42 Å². The summed E-state index contributed by atoms with van der Waals surface area (Å²) in [4.78, 5) is 11.6. The molecule has 0 N–H and O–H groups in total. The highest BCUT2D eigenvalue weighted by molar-refractivity contribution is 7.89. The summed E-state index contributed by atoms with van der Waals surface area (Å²) in [6.45, 7) is 0.956. The van der Waals surface area contributed by atoms with Crippen molar-refractivity contribution in [1.29, 1.82) is 0 Å². The van der Waals surface area contributed by atoms with Crippen LogP contribution in [0.25, 0.3) is 0 Å². The lowest BCUT2D eigenvalue weighted by Crippen LogP contribution is -2.53. The third-order valence-corrected chi connectivity index (χ3v) is 5.51. The molecule has 1 aromatic carbocycles. The highest BCUT2D eigenvalue weighted by atomic mass is 32.2. The normalized spacial score (nSPS) is 19.1. The SMILES string of the molecule is COC(=O)C1CN(S(=O)(=O)c2ccc3c(c2)CCO3)C1. The summed E-state index contributed by atoms with van der Waals surface area (Å²) in [7, 11) is -2.22. The lowest BCUT2D eigenvalue weighted by molar-refractivity contribution is -0.149. The molecule has 0 saturated carbocycles. The topological polar surface area (TPSA) is 72.9 Å². The van der Waals surface area contributed by atoms with E-state index in [2.05, 4.69) is 4.74 Å². The molecule has 0 aromatic heterocycles. The molecule has 2 aliphatic rings. The van der Waals surface area contributed by atoms with Gasteiger partial charge in [0.05, 0.1) is 24.5 Å². The molecule has 0 spiro atoms. The number of hydrogen-bond acceptors (Lipinski definition) is 5. The number of carbonyl (C=O) groups excluding carboxylic acids is 1. The van der Waals surface area contributed by atoms with Crippen molar-refractivity contribution in [3.05, 3.63) is 23.8 Å². The Bertz CT molecular complexity index is 649. The number of fused-ring (bicyclic) bond motifs is 1. The Labute approximate surface area is 117 Å². The molecule has 0 aliphatic carbocycles. The molecule has 20 heavy (non-hydrogen) atoms. The first-order valence-electron chi connectivity index (χ1n) is 6.36. The van der Waals surface area contributed by atoms with Gasteiger partial charge in [-0.05, 0) is 23.8 Å². The molecule has 0 atom stereocenters. The molecule has 6 nitrogen and oxygen atoms in total. The Morgan fingerprint density at radius 1 is 1.40 bits per heavy atom. The van der Waals surface area contributed by atoms with Gasteiger partial charge in [-0.15, -0.1) is 0 Å². The average Bonchev–Trinajstić information content (AvgIpc) is 2.83. The Morgan fingerprint density at radius 2 is 2.15 bits per heavy atom. The van der Waals surface area contributed by atoms with Gasteiger partial charge in [0.2, 0.25) is 10.0 Å². The zero-order chi connectivity index (χ0) is 14.3. The molecule has 2 aliphatic heterocycles. The lowest BCUT2D eigenvalue weighted by Gasteiger charge is -2.36. The summed E-state index contributed by atoms with van der Waals surface area (Å²) < 4.78 is 36.1. The van der Waals surface area contributed by atoms with Gasteiger partial charge in [-0.2, -0.15) is 4.31 Å². The predicted molar refractivity (Wildman–Crippen MR) is 69.9 cm³/mol. The van der Waals surface area contributed by atoms with E-state index in [9.17, 15) is 13.2 Å². The van der Waals surface area contributed by atoms with E-state index in [0.717, 1.165) is 17.7 Å². The molecule has 0 bridgehead atoms. The van der Waals surface area contributed by atoms with E-state index in [1.165, 1.54) is 11.4 Å². The number of benzene rings is 1. The van der Waals surface area contributed by atoms with E-state index in [4.69, 9.17) is 4.74 Å². The number of sulfonamides is 1. The van der Waals surface area contributed by atoms with Gasteiger partial charge >= 0.3 is 5.97 Å². The summed E-state index contributed by atoms with van der Waals surface area (Å²) >= 11 is 0. The Hall–Kier alpha value is -1.60. The Morgan fingerprint density at radius 3 is 2.85 bits per heavy atom. The fourth-order valence-electron chi connectivity index (χ4n) is 2.42. The van der Waals surface area contributed by atoms with Crippen molar-refractivity contribution in [2.45, 2.75) is 11.3 Å². The average molecular weight is 297 g/mol. The molecule has 108 valence electrons. The van der Waals surface area contributed by atoms with E-state index in [-0.39, 0.29) is 29.9 Å². The summed E-state index contributed by atoms with van der Waals surface area (Å²) in [5.74, 6) is 0.0336. The van der Waals surface area contributed by atoms with Gasteiger partial charge in [0, 0.05) is 19.5 Å². The van der Waals surface area contributed by atoms with Crippen LogP contribution in [0.5, 0.6) is 5.75 Å². The number of ether oxygens (including phenoxy) is 2. The molecule has 2 heterocycles. The first-order valence-corrected chi connectivity index (χ1v) is 7.80. The second kappa shape index (κ2) is 4.75. The Balaban J connectivity index is 1.78. The van der Waals surface area contributed by atoms with Crippen molar-refractivity contribution in [1.82, 2.24) is 4.31 Å². The molecule has 0 amide bonds. The van der Waals surface area contributed by atoms with Gasteiger partial charge in [-0.3, -0.25) is 4.79 Å². The molecular formula is C13H15NO5S. The number of nitrogens with zero attached hydrogens (tertiary/aromatic N) is 1. The summed E-state index contributed by atoms with van der Waals surface area (Å²) in [5.41, 5.74) is 0.913. The van der Waals surface area contributed by atoms with Crippen molar-refractivity contribution in [3.8, 4) is 5.75 Å². The predicted octanol–water partition coefficient (Wildman–Crippen LogP) is 0.415. The zero-order valence-corrected chi connectivity index (χ0v) is 11.9. The smallest absolute Gasteiger partial charge is 0.311 e. The van der Waals surface area contributed by atoms with Crippen LogP contribution in [0.3, 0.4) is 0 Å². The van der Waals surface area contributed by atoms with Crippen LogP contribution in [0.1, 0.15) is 5.56 Å². The van der Waals surface area contributed by atoms with Crippen LogP contribution in [0, 0.1) is 5.92 Å². The first-order chi connectivity index (χ1) is 9.52. The van der Waals surface area contributed by atoms with Gasteiger partial charge in [0.25, 0.3) is 0 Å². The molecular weight excluding hydrogens is 282 g/mol. The van der Waals surface area contributed by atoms with Gasteiger partial charge < -0.3 is 9.47 Å². The summed E-state index contributed by atoms with van der Waals surface area (Å²) in [5, 5.41) is 0. The number of rotatable bonds is 3. The minimum absolute atomic E-state index is 0.183. The van der Waals surface area contributed by atoms with Crippen molar-refractivity contribution in [2.75, 3.05) is 26.8 Å². The van der Waals surface area contributed by atoms with E-state index < -0.39 is 10.0 Å². The largest absolute Gasteiger partial charge is 0.493 e. The van der Waals surface area contributed by atoms with E-state index >= 15 is 0 Å². The van der Waals surface area contributed by atoms with Crippen LogP contribution in [0.4, 0.5) is 0 Å². The fraction of sp³-hybridized carbons (Fsp3) is 0.462. The molecule has 1 aromatic rings. The second-order valence-electron chi connectivity index (χ2n) is 4.91.